The standard InChI is InChI=1S/C19H12ClF3N2O2/c20-11-3-1-10(2-4-11)14-9-15(25-27-14)19(7-8-19)18(26)24-13-6-5-12(21)16(22)17(13)23/h1-6,9H,7-8H2,(H,24,26). The van der Waals surface area contributed by atoms with E-state index in [0.29, 0.717) is 29.3 Å². The van der Waals surface area contributed by atoms with Gasteiger partial charge >= 0.3 is 0 Å². The van der Waals surface area contributed by atoms with E-state index in [9.17, 15) is 18.0 Å². The van der Waals surface area contributed by atoms with Crippen LogP contribution in [0.4, 0.5) is 18.9 Å². The van der Waals surface area contributed by atoms with Crippen molar-refractivity contribution in [2.24, 2.45) is 0 Å². The number of aromatic nitrogens is 1. The van der Waals surface area contributed by atoms with Gasteiger partial charge in [0, 0.05) is 16.7 Å². The predicted octanol–water partition coefficient (Wildman–Crippen LogP) is 5.08. The van der Waals surface area contributed by atoms with Gasteiger partial charge in [0.05, 0.1) is 16.8 Å². The second-order valence-electron chi connectivity index (χ2n) is 6.34. The number of nitrogens with zero attached hydrogens (tertiary/aromatic N) is 1. The van der Waals surface area contributed by atoms with E-state index in [-0.39, 0.29) is 0 Å². The number of nitrogens with one attached hydrogen (secondary N) is 1. The van der Waals surface area contributed by atoms with Gasteiger partial charge in [-0.3, -0.25) is 4.79 Å². The van der Waals surface area contributed by atoms with E-state index >= 15 is 0 Å². The normalized spacial score (nSPS) is 14.8. The van der Waals surface area contributed by atoms with E-state index in [1.807, 2.05) is 0 Å². The molecule has 0 spiro atoms. The fourth-order valence-corrected chi connectivity index (χ4v) is 2.97. The summed E-state index contributed by atoms with van der Waals surface area (Å²) in [7, 11) is 0. The molecule has 2 aromatic carbocycles. The molecule has 3 aromatic rings. The summed E-state index contributed by atoms with van der Waals surface area (Å²) in [6, 6.07) is 10.3. The lowest BCUT2D eigenvalue weighted by Gasteiger charge is -2.13. The van der Waals surface area contributed by atoms with Gasteiger partial charge in [-0.1, -0.05) is 16.8 Å². The molecule has 1 aliphatic carbocycles. The van der Waals surface area contributed by atoms with Crippen LogP contribution in [0.5, 0.6) is 0 Å². The third-order valence-electron chi connectivity index (χ3n) is 4.60. The number of carbonyl (C=O) groups excluding carboxylic acids is 1. The average Bonchev–Trinajstić information content (AvgIpc) is 3.33. The zero-order valence-corrected chi connectivity index (χ0v) is 14.5. The molecule has 0 atom stereocenters. The van der Waals surface area contributed by atoms with Crippen LogP contribution in [-0.2, 0) is 10.2 Å². The van der Waals surface area contributed by atoms with E-state index < -0.39 is 34.5 Å². The van der Waals surface area contributed by atoms with Gasteiger partial charge in [0.15, 0.2) is 23.2 Å². The minimum atomic E-state index is -1.64. The third kappa shape index (κ3) is 3.08. The fraction of sp³-hybridized carbons (Fsp3) is 0.158. The zero-order valence-electron chi connectivity index (χ0n) is 13.7. The van der Waals surface area contributed by atoms with E-state index in [0.717, 1.165) is 17.7 Å². The molecule has 0 bridgehead atoms. The summed E-state index contributed by atoms with van der Waals surface area (Å²) in [5.74, 6) is -4.50. The lowest BCUT2D eigenvalue weighted by atomic mass is 10.00. The Morgan fingerprint density at radius 1 is 1.07 bits per heavy atom. The lowest BCUT2D eigenvalue weighted by molar-refractivity contribution is -0.118. The molecule has 1 fully saturated rings. The molecule has 1 heterocycles. The van der Waals surface area contributed by atoms with Gasteiger partial charge in [-0.15, -0.1) is 0 Å². The number of hydrogen-bond acceptors (Lipinski definition) is 3. The number of benzene rings is 2. The molecule has 27 heavy (non-hydrogen) atoms. The summed E-state index contributed by atoms with van der Waals surface area (Å²) in [4.78, 5) is 12.6. The van der Waals surface area contributed by atoms with Crippen molar-refractivity contribution in [2.45, 2.75) is 18.3 Å². The highest BCUT2D eigenvalue weighted by Crippen LogP contribution is 2.49. The zero-order chi connectivity index (χ0) is 19.2. The van der Waals surface area contributed by atoms with Gasteiger partial charge < -0.3 is 9.84 Å². The molecular weight excluding hydrogens is 381 g/mol. The monoisotopic (exact) mass is 392 g/mol. The minimum absolute atomic E-state index is 0.396. The summed E-state index contributed by atoms with van der Waals surface area (Å²) in [5, 5.41) is 6.86. The van der Waals surface area contributed by atoms with Crippen LogP contribution in [0.15, 0.2) is 47.0 Å². The van der Waals surface area contributed by atoms with Gasteiger partial charge in [-0.25, -0.2) is 13.2 Å². The first-order valence-corrected chi connectivity index (χ1v) is 8.46. The second-order valence-corrected chi connectivity index (χ2v) is 6.78. The summed E-state index contributed by atoms with van der Waals surface area (Å²) >= 11 is 5.86. The first-order valence-electron chi connectivity index (χ1n) is 8.09. The maximum absolute atomic E-state index is 13.8. The maximum atomic E-state index is 13.8. The van der Waals surface area contributed by atoms with E-state index in [1.54, 1.807) is 30.3 Å². The molecule has 1 amide bonds. The summed E-state index contributed by atoms with van der Waals surface area (Å²) in [6.07, 6.45) is 0.966. The van der Waals surface area contributed by atoms with E-state index in [2.05, 4.69) is 10.5 Å². The Hall–Kier alpha value is -2.80. The number of rotatable bonds is 4. The number of halogens is 4. The van der Waals surface area contributed by atoms with Crippen molar-refractivity contribution in [3.63, 3.8) is 0 Å². The highest BCUT2D eigenvalue weighted by Gasteiger charge is 2.54. The first kappa shape index (κ1) is 17.6. The van der Waals surface area contributed by atoms with E-state index in [4.69, 9.17) is 16.1 Å². The molecule has 0 aliphatic heterocycles. The molecule has 0 radical (unpaired) electrons. The number of carbonyl (C=O) groups is 1. The molecule has 0 unspecified atom stereocenters. The van der Waals surface area contributed by atoms with Crippen molar-refractivity contribution in [3.8, 4) is 11.3 Å². The summed E-state index contributed by atoms with van der Waals surface area (Å²) < 4.78 is 45.5. The average molecular weight is 393 g/mol. The van der Waals surface area contributed by atoms with Gasteiger partial charge in [0.25, 0.3) is 0 Å². The largest absolute Gasteiger partial charge is 0.356 e. The molecule has 1 N–H and O–H groups in total. The van der Waals surface area contributed by atoms with Crippen LogP contribution in [0.2, 0.25) is 5.02 Å². The SMILES string of the molecule is O=C(Nc1ccc(F)c(F)c1F)C1(c2cc(-c3ccc(Cl)cc3)on2)CC1. The Kier molecular flexibility index (Phi) is 4.19. The smallest absolute Gasteiger partial charge is 0.236 e. The summed E-state index contributed by atoms with van der Waals surface area (Å²) in [6.45, 7) is 0. The first-order chi connectivity index (χ1) is 12.9. The quantitative estimate of drug-likeness (QED) is 0.630. The Morgan fingerprint density at radius 3 is 2.44 bits per heavy atom. The van der Waals surface area contributed by atoms with Crippen molar-refractivity contribution < 1.29 is 22.5 Å². The van der Waals surface area contributed by atoms with E-state index in [1.165, 1.54) is 0 Å². The van der Waals surface area contributed by atoms with Crippen LogP contribution in [0.3, 0.4) is 0 Å². The van der Waals surface area contributed by atoms with Crippen molar-refractivity contribution >= 4 is 23.2 Å². The van der Waals surface area contributed by atoms with Crippen molar-refractivity contribution in [2.75, 3.05) is 5.32 Å². The van der Waals surface area contributed by atoms with Gasteiger partial charge in [0.2, 0.25) is 5.91 Å². The molecule has 4 nitrogen and oxygen atoms in total. The highest BCUT2D eigenvalue weighted by molar-refractivity contribution is 6.30. The molecule has 1 saturated carbocycles. The molecule has 1 aliphatic rings. The van der Waals surface area contributed by atoms with Crippen molar-refractivity contribution in [1.29, 1.82) is 0 Å². The van der Waals surface area contributed by atoms with Crippen LogP contribution in [0, 0.1) is 17.5 Å². The van der Waals surface area contributed by atoms with Crippen molar-refractivity contribution in [1.82, 2.24) is 5.16 Å². The Morgan fingerprint density at radius 2 is 1.78 bits per heavy atom. The topological polar surface area (TPSA) is 55.1 Å². The van der Waals surface area contributed by atoms with Crippen LogP contribution >= 0.6 is 11.6 Å². The molecule has 1 aromatic heterocycles. The van der Waals surface area contributed by atoms with Crippen LogP contribution in [0.25, 0.3) is 11.3 Å². The molecule has 0 saturated heterocycles. The van der Waals surface area contributed by atoms with Crippen molar-refractivity contribution in [3.05, 3.63) is 70.6 Å². The number of hydrogen-bond donors (Lipinski definition) is 1. The Bertz CT molecular complexity index is 1030. The van der Waals surface area contributed by atoms with Crippen LogP contribution in [0.1, 0.15) is 18.5 Å². The molecule has 138 valence electrons. The molecule has 4 rings (SSSR count). The second kappa shape index (κ2) is 6.42. The minimum Gasteiger partial charge on any atom is -0.356 e. The van der Waals surface area contributed by atoms with Crippen LogP contribution in [-0.4, -0.2) is 11.1 Å². The Labute approximate surface area is 156 Å². The maximum Gasteiger partial charge on any atom is 0.236 e. The van der Waals surface area contributed by atoms with Gasteiger partial charge in [-0.05, 0) is 49.2 Å². The lowest BCUT2D eigenvalue weighted by Crippen LogP contribution is -2.28. The van der Waals surface area contributed by atoms with Gasteiger partial charge in [-0.2, -0.15) is 0 Å². The summed E-state index contributed by atoms with van der Waals surface area (Å²) in [5.41, 5.74) is -0.272. The molecular formula is C19H12ClF3N2O2. The number of amides is 1. The Balaban J connectivity index is 1.58. The van der Waals surface area contributed by atoms with Gasteiger partial charge in [0.1, 0.15) is 0 Å². The third-order valence-corrected chi connectivity index (χ3v) is 4.85. The fourth-order valence-electron chi connectivity index (χ4n) is 2.84. The number of anilines is 1. The highest BCUT2D eigenvalue weighted by atomic mass is 35.5. The van der Waals surface area contributed by atoms with Crippen LogP contribution < -0.4 is 5.32 Å². The predicted molar refractivity (Wildman–Crippen MR) is 92.8 cm³/mol. The molecule has 8 heteroatoms.